The minimum Gasteiger partial charge on any atom is -0.481 e. The van der Waals surface area contributed by atoms with Gasteiger partial charge in [0.2, 0.25) is 0 Å². The first kappa shape index (κ1) is 14.8. The number of carbonyl (C=O) groups excluding carboxylic acids is 1. The molecule has 2 rings (SSSR count). The van der Waals surface area contributed by atoms with Gasteiger partial charge in [-0.25, -0.2) is 4.98 Å². The number of pyridine rings is 1. The maximum atomic E-state index is 12.5. The van der Waals surface area contributed by atoms with Gasteiger partial charge in [0.1, 0.15) is 10.9 Å². The van der Waals surface area contributed by atoms with Gasteiger partial charge in [0.05, 0.1) is 24.8 Å². The highest BCUT2D eigenvalue weighted by molar-refractivity contribution is 7.98. The van der Waals surface area contributed by atoms with Gasteiger partial charge in [-0.1, -0.05) is 0 Å². The van der Waals surface area contributed by atoms with Crippen LogP contribution in [0.5, 0.6) is 0 Å². The van der Waals surface area contributed by atoms with Crippen molar-refractivity contribution in [1.82, 2.24) is 9.88 Å². The van der Waals surface area contributed by atoms with Crippen LogP contribution in [0.15, 0.2) is 23.4 Å². The lowest BCUT2D eigenvalue weighted by Crippen LogP contribution is -2.44. The first-order valence-electron chi connectivity index (χ1n) is 6.13. The number of aliphatic carboxylic acids is 1. The lowest BCUT2D eigenvalue weighted by atomic mass is 10.0. The largest absolute Gasteiger partial charge is 0.481 e. The van der Waals surface area contributed by atoms with E-state index in [4.69, 9.17) is 9.84 Å². The Kier molecular flexibility index (Phi) is 4.61. The maximum absolute atomic E-state index is 12.5. The number of carboxylic acid groups (broad SMARTS) is 1. The molecule has 1 aliphatic rings. The van der Waals surface area contributed by atoms with Gasteiger partial charge in [-0.2, -0.15) is 0 Å². The second-order valence-electron chi connectivity index (χ2n) is 4.53. The number of carbonyl (C=O) groups is 2. The molecule has 0 aromatic carbocycles. The Morgan fingerprint density at radius 2 is 2.25 bits per heavy atom. The molecule has 6 nitrogen and oxygen atoms in total. The molecule has 2 unspecified atom stereocenters. The van der Waals surface area contributed by atoms with Gasteiger partial charge in [-0.05, 0) is 18.4 Å². The molecule has 1 saturated heterocycles. The van der Waals surface area contributed by atoms with Gasteiger partial charge in [-0.3, -0.25) is 9.59 Å². The van der Waals surface area contributed by atoms with Crippen LogP contribution in [0.2, 0.25) is 0 Å². The molecule has 2 atom stereocenters. The molecule has 2 heterocycles. The average Bonchev–Trinajstić information content (AvgIpc) is 2.95. The number of amides is 1. The first-order valence-corrected chi connectivity index (χ1v) is 7.35. The summed E-state index contributed by atoms with van der Waals surface area (Å²) < 4.78 is 5.20. The van der Waals surface area contributed by atoms with Crippen molar-refractivity contribution in [1.29, 1.82) is 0 Å². The topological polar surface area (TPSA) is 79.7 Å². The van der Waals surface area contributed by atoms with Crippen molar-refractivity contribution in [3.63, 3.8) is 0 Å². The fourth-order valence-corrected chi connectivity index (χ4v) is 2.76. The van der Waals surface area contributed by atoms with E-state index in [9.17, 15) is 9.59 Å². The molecule has 0 spiro atoms. The minimum absolute atomic E-state index is 0.139. The van der Waals surface area contributed by atoms with Crippen molar-refractivity contribution in [2.75, 3.05) is 26.5 Å². The molecule has 20 heavy (non-hydrogen) atoms. The van der Waals surface area contributed by atoms with E-state index in [0.29, 0.717) is 10.6 Å². The Morgan fingerprint density at radius 3 is 2.90 bits per heavy atom. The summed E-state index contributed by atoms with van der Waals surface area (Å²) in [6, 6.07) is 2.94. The Morgan fingerprint density at radius 1 is 1.50 bits per heavy atom. The number of hydrogen-bond donors (Lipinski definition) is 1. The molecule has 1 aromatic rings. The molecule has 7 heteroatoms. The quantitative estimate of drug-likeness (QED) is 0.834. The molecular weight excluding hydrogens is 280 g/mol. The molecule has 0 radical (unpaired) electrons. The summed E-state index contributed by atoms with van der Waals surface area (Å²) in [7, 11) is 1.61. The first-order chi connectivity index (χ1) is 9.56. The van der Waals surface area contributed by atoms with E-state index in [1.807, 2.05) is 6.26 Å². The van der Waals surface area contributed by atoms with Crippen molar-refractivity contribution in [2.45, 2.75) is 11.1 Å². The van der Waals surface area contributed by atoms with E-state index < -0.39 is 17.9 Å². The average molecular weight is 296 g/mol. The predicted octanol–water partition coefficient (Wildman–Crippen LogP) is 0.975. The number of thioether (sulfide) groups is 1. The third-order valence-electron chi connectivity index (χ3n) is 3.38. The molecule has 1 N–H and O–H groups in total. The van der Waals surface area contributed by atoms with Gasteiger partial charge < -0.3 is 14.7 Å². The van der Waals surface area contributed by atoms with E-state index in [1.165, 1.54) is 16.7 Å². The highest BCUT2D eigenvalue weighted by atomic mass is 32.2. The monoisotopic (exact) mass is 296 g/mol. The SMILES string of the molecule is CSc1ncccc1C(=O)N(C)C1COCC1C(=O)O. The third-order valence-corrected chi connectivity index (χ3v) is 4.09. The Bertz CT molecular complexity index is 523. The highest BCUT2D eigenvalue weighted by Crippen LogP contribution is 2.23. The predicted molar refractivity (Wildman–Crippen MR) is 73.8 cm³/mol. The molecule has 0 bridgehead atoms. The van der Waals surface area contributed by atoms with E-state index in [-0.39, 0.29) is 19.1 Å². The summed E-state index contributed by atoms with van der Waals surface area (Å²) in [6.45, 7) is 0.383. The zero-order chi connectivity index (χ0) is 14.7. The van der Waals surface area contributed by atoms with Crippen molar-refractivity contribution in [2.24, 2.45) is 5.92 Å². The number of carboxylic acids is 1. The van der Waals surface area contributed by atoms with E-state index in [0.717, 1.165) is 0 Å². The van der Waals surface area contributed by atoms with Crippen molar-refractivity contribution < 1.29 is 19.4 Å². The molecule has 1 fully saturated rings. The van der Waals surface area contributed by atoms with Crippen LogP contribution in [0.1, 0.15) is 10.4 Å². The molecule has 1 amide bonds. The van der Waals surface area contributed by atoms with Crippen LogP contribution >= 0.6 is 11.8 Å². The third kappa shape index (κ3) is 2.78. The summed E-state index contributed by atoms with van der Waals surface area (Å²) in [5.41, 5.74) is 0.485. The Labute approximate surface area is 121 Å². The smallest absolute Gasteiger partial charge is 0.311 e. The van der Waals surface area contributed by atoms with E-state index >= 15 is 0 Å². The molecular formula is C13H16N2O4S. The van der Waals surface area contributed by atoms with Gasteiger partial charge >= 0.3 is 5.97 Å². The molecule has 1 aliphatic heterocycles. The van der Waals surface area contributed by atoms with Crippen LogP contribution in [-0.4, -0.2) is 59.4 Å². The Balaban J connectivity index is 2.22. The summed E-state index contributed by atoms with van der Waals surface area (Å²) in [5, 5.41) is 9.79. The standard InChI is InChI=1S/C13H16N2O4S/c1-15(10-7-19-6-9(10)13(17)18)12(16)8-4-3-5-14-11(8)20-2/h3-5,9-10H,6-7H2,1-2H3,(H,17,18). The highest BCUT2D eigenvalue weighted by Gasteiger charge is 2.39. The lowest BCUT2D eigenvalue weighted by Gasteiger charge is -2.26. The molecule has 1 aromatic heterocycles. The van der Waals surface area contributed by atoms with Gasteiger partial charge in [-0.15, -0.1) is 11.8 Å². The molecule has 0 aliphatic carbocycles. The summed E-state index contributed by atoms with van der Waals surface area (Å²) in [5.74, 6) is -1.86. The molecule has 0 saturated carbocycles. The number of hydrogen-bond acceptors (Lipinski definition) is 5. The van der Waals surface area contributed by atoms with Gasteiger partial charge in [0, 0.05) is 13.2 Å². The number of aromatic nitrogens is 1. The zero-order valence-electron chi connectivity index (χ0n) is 11.3. The Hall–Kier alpha value is -1.60. The zero-order valence-corrected chi connectivity index (χ0v) is 12.1. The van der Waals surface area contributed by atoms with E-state index in [2.05, 4.69) is 4.98 Å². The second kappa shape index (κ2) is 6.23. The van der Waals surface area contributed by atoms with Crippen LogP contribution in [0, 0.1) is 5.92 Å². The van der Waals surface area contributed by atoms with Crippen LogP contribution in [0.25, 0.3) is 0 Å². The van der Waals surface area contributed by atoms with Gasteiger partial charge in [0.15, 0.2) is 0 Å². The maximum Gasteiger partial charge on any atom is 0.311 e. The van der Waals surface area contributed by atoms with Crippen LogP contribution in [0.4, 0.5) is 0 Å². The number of ether oxygens (including phenoxy) is 1. The van der Waals surface area contributed by atoms with Crippen molar-refractivity contribution in [3.8, 4) is 0 Å². The summed E-state index contributed by atoms with van der Waals surface area (Å²) in [4.78, 5) is 29.3. The van der Waals surface area contributed by atoms with Crippen LogP contribution < -0.4 is 0 Å². The fourth-order valence-electron chi connectivity index (χ4n) is 2.22. The van der Waals surface area contributed by atoms with Crippen molar-refractivity contribution in [3.05, 3.63) is 23.9 Å². The van der Waals surface area contributed by atoms with Crippen LogP contribution in [-0.2, 0) is 9.53 Å². The fraction of sp³-hybridized carbons (Fsp3) is 0.462. The normalized spacial score (nSPS) is 21.7. The van der Waals surface area contributed by atoms with E-state index in [1.54, 1.807) is 25.4 Å². The number of likely N-dealkylation sites (N-methyl/N-ethyl adjacent to an activating group) is 1. The van der Waals surface area contributed by atoms with Gasteiger partial charge in [0.25, 0.3) is 5.91 Å². The minimum atomic E-state index is -0.941. The molecule has 108 valence electrons. The number of nitrogens with zero attached hydrogens (tertiary/aromatic N) is 2. The second-order valence-corrected chi connectivity index (χ2v) is 5.32. The summed E-state index contributed by atoms with van der Waals surface area (Å²) >= 11 is 1.38. The van der Waals surface area contributed by atoms with Crippen molar-refractivity contribution >= 4 is 23.6 Å². The summed E-state index contributed by atoms with van der Waals surface area (Å²) in [6.07, 6.45) is 3.47. The van der Waals surface area contributed by atoms with Crippen LogP contribution in [0.3, 0.4) is 0 Å². The lowest BCUT2D eigenvalue weighted by molar-refractivity contribution is -0.142. The number of rotatable bonds is 4.